The number of aromatic nitrogens is 2. The van der Waals surface area contributed by atoms with Crippen molar-refractivity contribution in [3.63, 3.8) is 0 Å². The second-order valence-electron chi connectivity index (χ2n) is 5.92. The number of piperazine rings is 1. The van der Waals surface area contributed by atoms with E-state index in [1.807, 2.05) is 34.9 Å². The Morgan fingerprint density at radius 3 is 2.70 bits per heavy atom. The van der Waals surface area contributed by atoms with Gasteiger partial charge in [0.25, 0.3) is 5.56 Å². The van der Waals surface area contributed by atoms with Crippen LogP contribution in [0, 0.1) is 6.92 Å². The van der Waals surface area contributed by atoms with E-state index < -0.39 is 0 Å². The van der Waals surface area contributed by atoms with Crippen molar-refractivity contribution >= 4 is 11.7 Å². The Hall–Kier alpha value is -2.63. The van der Waals surface area contributed by atoms with Crippen LogP contribution in [0.25, 0.3) is 0 Å². The van der Waals surface area contributed by atoms with Crippen LogP contribution in [0.1, 0.15) is 11.1 Å². The van der Waals surface area contributed by atoms with E-state index in [-0.39, 0.29) is 18.0 Å². The largest absolute Gasteiger partial charge is 0.345 e. The van der Waals surface area contributed by atoms with Crippen molar-refractivity contribution in [2.24, 2.45) is 7.05 Å². The molecule has 2 aromatic rings. The van der Waals surface area contributed by atoms with Crippen LogP contribution >= 0.6 is 0 Å². The molecule has 1 aliphatic rings. The SMILES string of the molecule is Cc1cccc(CN2CCN(c3cc(=O)n(C)cn3)CC2=O)c1. The van der Waals surface area contributed by atoms with Gasteiger partial charge in [-0.05, 0) is 12.5 Å². The fraction of sp³-hybridized carbons (Fsp3) is 0.353. The third-order valence-electron chi connectivity index (χ3n) is 4.06. The molecule has 0 saturated carbocycles. The molecule has 1 aromatic carbocycles. The molecule has 23 heavy (non-hydrogen) atoms. The van der Waals surface area contributed by atoms with Crippen LogP contribution in [0.5, 0.6) is 0 Å². The number of nitrogens with zero attached hydrogens (tertiary/aromatic N) is 4. The van der Waals surface area contributed by atoms with Gasteiger partial charge in [0.05, 0.1) is 12.9 Å². The topological polar surface area (TPSA) is 58.4 Å². The first-order valence-electron chi connectivity index (χ1n) is 7.64. The molecule has 1 fully saturated rings. The van der Waals surface area contributed by atoms with E-state index in [0.717, 1.165) is 5.56 Å². The van der Waals surface area contributed by atoms with Crippen LogP contribution in [0.2, 0.25) is 0 Å². The Morgan fingerprint density at radius 1 is 1.17 bits per heavy atom. The Kier molecular flexibility index (Phi) is 4.14. The summed E-state index contributed by atoms with van der Waals surface area (Å²) < 4.78 is 1.42. The standard InChI is InChI=1S/C17H20N4O2/c1-13-4-3-5-14(8-13)10-21-7-6-20(11-17(21)23)15-9-16(22)19(2)12-18-15/h3-5,8-9,12H,6-7,10-11H2,1-2H3. The molecule has 0 bridgehead atoms. The third-order valence-corrected chi connectivity index (χ3v) is 4.06. The van der Waals surface area contributed by atoms with Crippen LogP contribution in [-0.2, 0) is 18.4 Å². The lowest BCUT2D eigenvalue weighted by molar-refractivity contribution is -0.131. The Morgan fingerprint density at radius 2 is 2.00 bits per heavy atom. The van der Waals surface area contributed by atoms with Gasteiger partial charge in [0.2, 0.25) is 5.91 Å². The fourth-order valence-electron chi connectivity index (χ4n) is 2.73. The molecular formula is C17H20N4O2. The second kappa shape index (κ2) is 6.24. The van der Waals surface area contributed by atoms with Crippen molar-refractivity contribution in [3.05, 3.63) is 58.1 Å². The molecule has 1 amide bonds. The average molecular weight is 312 g/mol. The zero-order valence-electron chi connectivity index (χ0n) is 13.4. The van der Waals surface area contributed by atoms with E-state index >= 15 is 0 Å². The van der Waals surface area contributed by atoms with Gasteiger partial charge in [0.15, 0.2) is 0 Å². The Bertz CT molecular complexity index is 784. The first kappa shape index (κ1) is 15.3. The Balaban J connectivity index is 1.68. The molecule has 3 rings (SSSR count). The van der Waals surface area contributed by atoms with Gasteiger partial charge >= 0.3 is 0 Å². The van der Waals surface area contributed by atoms with Crippen molar-refractivity contribution < 1.29 is 4.79 Å². The minimum absolute atomic E-state index is 0.0558. The molecule has 0 N–H and O–H groups in total. The molecule has 2 heterocycles. The van der Waals surface area contributed by atoms with E-state index in [2.05, 4.69) is 11.1 Å². The number of aryl methyl sites for hydroxylation is 2. The van der Waals surface area contributed by atoms with Crippen LogP contribution in [-0.4, -0.2) is 40.0 Å². The number of hydrogen-bond donors (Lipinski definition) is 0. The summed E-state index contributed by atoms with van der Waals surface area (Å²) in [6.07, 6.45) is 1.49. The summed E-state index contributed by atoms with van der Waals surface area (Å²) in [5.74, 6) is 0.622. The van der Waals surface area contributed by atoms with Gasteiger partial charge in [-0.2, -0.15) is 0 Å². The van der Waals surface area contributed by atoms with Crippen molar-refractivity contribution in [2.45, 2.75) is 13.5 Å². The monoisotopic (exact) mass is 312 g/mol. The highest BCUT2D eigenvalue weighted by molar-refractivity contribution is 5.82. The smallest absolute Gasteiger partial charge is 0.255 e. The predicted octanol–water partition coefficient (Wildman–Crippen LogP) is 0.938. The number of carbonyl (C=O) groups excluding carboxylic acids is 1. The van der Waals surface area contributed by atoms with Gasteiger partial charge in [-0.25, -0.2) is 4.98 Å². The number of carbonyl (C=O) groups is 1. The molecule has 1 aromatic heterocycles. The summed E-state index contributed by atoms with van der Waals surface area (Å²) in [5, 5.41) is 0. The number of anilines is 1. The number of rotatable bonds is 3. The maximum absolute atomic E-state index is 12.4. The van der Waals surface area contributed by atoms with Gasteiger partial charge in [-0.15, -0.1) is 0 Å². The highest BCUT2D eigenvalue weighted by Gasteiger charge is 2.25. The van der Waals surface area contributed by atoms with E-state index in [9.17, 15) is 9.59 Å². The van der Waals surface area contributed by atoms with Crippen LogP contribution < -0.4 is 10.5 Å². The highest BCUT2D eigenvalue weighted by Crippen LogP contribution is 2.15. The molecule has 0 radical (unpaired) electrons. The second-order valence-corrected chi connectivity index (χ2v) is 5.92. The summed E-state index contributed by atoms with van der Waals surface area (Å²) >= 11 is 0. The molecule has 6 heteroatoms. The van der Waals surface area contributed by atoms with E-state index in [4.69, 9.17) is 0 Å². The lowest BCUT2D eigenvalue weighted by Gasteiger charge is -2.35. The lowest BCUT2D eigenvalue weighted by Crippen LogP contribution is -2.50. The normalized spacial score (nSPS) is 15.1. The van der Waals surface area contributed by atoms with Crippen molar-refractivity contribution in [3.8, 4) is 0 Å². The maximum atomic E-state index is 12.4. The van der Waals surface area contributed by atoms with E-state index in [1.165, 1.54) is 22.5 Å². The van der Waals surface area contributed by atoms with Crippen molar-refractivity contribution in [2.75, 3.05) is 24.5 Å². The zero-order valence-corrected chi connectivity index (χ0v) is 13.4. The molecule has 6 nitrogen and oxygen atoms in total. The molecular weight excluding hydrogens is 292 g/mol. The summed E-state index contributed by atoms with van der Waals surface area (Å²) in [6.45, 7) is 4.23. The summed E-state index contributed by atoms with van der Waals surface area (Å²) in [6, 6.07) is 9.67. The van der Waals surface area contributed by atoms with Gasteiger partial charge in [0, 0.05) is 32.7 Å². The van der Waals surface area contributed by atoms with Gasteiger partial charge < -0.3 is 14.4 Å². The summed E-state index contributed by atoms with van der Waals surface area (Å²) in [7, 11) is 1.66. The first-order chi connectivity index (χ1) is 11.0. The van der Waals surface area contributed by atoms with Crippen LogP contribution in [0.3, 0.4) is 0 Å². The lowest BCUT2D eigenvalue weighted by atomic mass is 10.1. The van der Waals surface area contributed by atoms with E-state index in [0.29, 0.717) is 25.5 Å². The molecule has 120 valence electrons. The predicted molar refractivity (Wildman–Crippen MR) is 88.3 cm³/mol. The fourth-order valence-corrected chi connectivity index (χ4v) is 2.73. The molecule has 0 spiro atoms. The van der Waals surface area contributed by atoms with E-state index in [1.54, 1.807) is 7.05 Å². The zero-order chi connectivity index (χ0) is 16.4. The first-order valence-corrected chi connectivity index (χ1v) is 7.64. The quantitative estimate of drug-likeness (QED) is 0.846. The molecule has 1 saturated heterocycles. The number of amides is 1. The van der Waals surface area contributed by atoms with Crippen molar-refractivity contribution in [1.82, 2.24) is 14.5 Å². The minimum atomic E-state index is -0.121. The van der Waals surface area contributed by atoms with Gasteiger partial charge in [0.1, 0.15) is 5.82 Å². The van der Waals surface area contributed by atoms with Gasteiger partial charge in [-0.1, -0.05) is 29.8 Å². The average Bonchev–Trinajstić information content (AvgIpc) is 2.52. The Labute approximate surface area is 135 Å². The summed E-state index contributed by atoms with van der Waals surface area (Å²) in [4.78, 5) is 32.0. The van der Waals surface area contributed by atoms with Crippen LogP contribution in [0.15, 0.2) is 41.5 Å². The molecule has 0 aliphatic carbocycles. The molecule has 0 unspecified atom stereocenters. The minimum Gasteiger partial charge on any atom is -0.345 e. The highest BCUT2D eigenvalue weighted by atomic mass is 16.2. The number of benzene rings is 1. The summed E-state index contributed by atoms with van der Waals surface area (Å²) in [5.41, 5.74) is 2.21. The maximum Gasteiger partial charge on any atom is 0.255 e. The van der Waals surface area contributed by atoms with Crippen molar-refractivity contribution in [1.29, 1.82) is 0 Å². The molecule has 1 aliphatic heterocycles. The third kappa shape index (κ3) is 3.41. The number of hydrogen-bond acceptors (Lipinski definition) is 4. The van der Waals surface area contributed by atoms with Crippen LogP contribution in [0.4, 0.5) is 5.82 Å². The van der Waals surface area contributed by atoms with Gasteiger partial charge in [-0.3, -0.25) is 9.59 Å². The molecule has 0 atom stereocenters.